The van der Waals surface area contributed by atoms with Crippen LogP contribution >= 0.6 is 11.6 Å². The molecule has 34 heavy (non-hydrogen) atoms. The number of nitrogens with one attached hydrogen (secondary N) is 1. The Hall–Kier alpha value is -2.69. The van der Waals surface area contributed by atoms with E-state index < -0.39 is 34.5 Å². The van der Waals surface area contributed by atoms with E-state index in [1.54, 1.807) is 38.1 Å². The molecule has 0 spiro atoms. The van der Waals surface area contributed by atoms with E-state index in [1.165, 1.54) is 31.1 Å². The zero-order valence-electron chi connectivity index (χ0n) is 19.7. The van der Waals surface area contributed by atoms with Crippen LogP contribution in [0.5, 0.6) is 0 Å². The molecule has 0 saturated heterocycles. The van der Waals surface area contributed by atoms with Crippen molar-refractivity contribution in [2.45, 2.75) is 32.9 Å². The fraction of sp³-hybridized carbons (Fsp3) is 0.391. The first-order valence-electron chi connectivity index (χ1n) is 10.8. The Morgan fingerprint density at radius 1 is 1.06 bits per heavy atom. The van der Waals surface area contributed by atoms with E-state index in [9.17, 15) is 22.4 Å². The molecule has 11 heteroatoms. The summed E-state index contributed by atoms with van der Waals surface area (Å²) in [6, 6.07) is 10.9. The number of amides is 2. The molecule has 0 aliphatic carbocycles. The number of benzene rings is 2. The van der Waals surface area contributed by atoms with Crippen molar-refractivity contribution in [1.82, 2.24) is 14.5 Å². The fourth-order valence-electron chi connectivity index (χ4n) is 3.35. The molecule has 0 unspecified atom stereocenters. The van der Waals surface area contributed by atoms with Crippen molar-refractivity contribution in [2.75, 3.05) is 31.5 Å². The van der Waals surface area contributed by atoms with Crippen LogP contribution in [0.15, 0.2) is 48.5 Å². The van der Waals surface area contributed by atoms with Crippen LogP contribution in [0.2, 0.25) is 5.02 Å². The van der Waals surface area contributed by atoms with Crippen molar-refractivity contribution in [3.8, 4) is 0 Å². The number of rotatable bonds is 11. The molecule has 186 valence electrons. The van der Waals surface area contributed by atoms with Gasteiger partial charge >= 0.3 is 10.2 Å². The summed E-state index contributed by atoms with van der Waals surface area (Å²) < 4.78 is 41.4. The summed E-state index contributed by atoms with van der Waals surface area (Å²) in [5, 5.41) is 3.14. The lowest BCUT2D eigenvalue weighted by Gasteiger charge is -2.34. The molecule has 0 saturated carbocycles. The normalized spacial score (nSPS) is 12.3. The van der Waals surface area contributed by atoms with E-state index in [2.05, 4.69) is 5.32 Å². The van der Waals surface area contributed by atoms with E-state index in [0.717, 1.165) is 20.7 Å². The van der Waals surface area contributed by atoms with Crippen LogP contribution in [-0.4, -0.2) is 62.7 Å². The van der Waals surface area contributed by atoms with E-state index in [0.29, 0.717) is 23.6 Å². The Kier molecular flexibility index (Phi) is 9.84. The molecule has 2 rings (SSSR count). The number of hydrogen-bond acceptors (Lipinski definition) is 4. The molecule has 0 aliphatic rings. The first-order valence-corrected chi connectivity index (χ1v) is 12.6. The molecular weight excluding hydrogens is 483 g/mol. The number of carbonyl (C=O) groups excluding carboxylic acids is 2. The van der Waals surface area contributed by atoms with E-state index in [1.807, 2.05) is 0 Å². The smallest absolute Gasteiger partial charge is 0.304 e. The van der Waals surface area contributed by atoms with Gasteiger partial charge in [0.15, 0.2) is 0 Å². The Morgan fingerprint density at radius 2 is 1.68 bits per heavy atom. The summed E-state index contributed by atoms with van der Waals surface area (Å²) in [6.07, 6.45) is 0.305. The van der Waals surface area contributed by atoms with Gasteiger partial charge in [-0.3, -0.25) is 9.59 Å². The van der Waals surface area contributed by atoms with Crippen molar-refractivity contribution >= 4 is 39.3 Å². The second-order valence-electron chi connectivity index (χ2n) is 7.70. The summed E-state index contributed by atoms with van der Waals surface area (Å²) in [5.74, 6) is -1.50. The quantitative estimate of drug-likeness (QED) is 0.501. The molecular formula is C23H30ClFN4O4S. The number of hydrogen-bond donors (Lipinski definition) is 1. The molecule has 0 aromatic heterocycles. The first kappa shape index (κ1) is 27.6. The fourth-order valence-corrected chi connectivity index (χ4v) is 4.60. The molecule has 1 N–H and O–H groups in total. The lowest BCUT2D eigenvalue weighted by molar-refractivity contribution is -0.140. The molecule has 2 amide bonds. The summed E-state index contributed by atoms with van der Waals surface area (Å²) in [6.45, 7) is 3.33. The number of nitrogens with zero attached hydrogens (tertiary/aromatic N) is 3. The Labute approximate surface area is 205 Å². The highest BCUT2D eigenvalue weighted by Crippen LogP contribution is 2.23. The monoisotopic (exact) mass is 512 g/mol. The predicted molar refractivity (Wildman–Crippen MR) is 131 cm³/mol. The molecule has 2 aromatic rings. The maximum atomic E-state index is 13.6. The lowest BCUT2D eigenvalue weighted by atomic mass is 10.1. The Morgan fingerprint density at radius 3 is 2.21 bits per heavy atom. The molecule has 0 bridgehead atoms. The largest absolute Gasteiger partial charge is 0.355 e. The van der Waals surface area contributed by atoms with E-state index in [-0.39, 0.29) is 18.1 Å². The van der Waals surface area contributed by atoms with E-state index >= 15 is 0 Å². The van der Waals surface area contributed by atoms with Gasteiger partial charge in [-0.05, 0) is 49.2 Å². The average Bonchev–Trinajstić information content (AvgIpc) is 2.79. The maximum absolute atomic E-state index is 13.6. The van der Waals surface area contributed by atoms with Gasteiger partial charge in [-0.15, -0.1) is 0 Å². The lowest BCUT2D eigenvalue weighted by Crippen LogP contribution is -2.53. The van der Waals surface area contributed by atoms with Crippen LogP contribution in [0.1, 0.15) is 25.8 Å². The van der Waals surface area contributed by atoms with Gasteiger partial charge in [0.2, 0.25) is 11.8 Å². The predicted octanol–water partition coefficient (Wildman–Crippen LogP) is 3.04. The van der Waals surface area contributed by atoms with Gasteiger partial charge in [-0.25, -0.2) is 8.70 Å². The zero-order valence-corrected chi connectivity index (χ0v) is 21.2. The highest BCUT2D eigenvalue weighted by Gasteiger charge is 2.33. The Balaban J connectivity index is 2.50. The maximum Gasteiger partial charge on any atom is 0.304 e. The molecule has 0 aliphatic heterocycles. The highest BCUT2D eigenvalue weighted by molar-refractivity contribution is 7.90. The number of likely N-dealkylation sites (N-methyl/N-ethyl adjacent to an activating group) is 1. The van der Waals surface area contributed by atoms with Crippen molar-refractivity contribution in [3.63, 3.8) is 0 Å². The second kappa shape index (κ2) is 12.1. The van der Waals surface area contributed by atoms with Crippen LogP contribution in [0, 0.1) is 5.82 Å². The minimum atomic E-state index is -4.11. The zero-order chi connectivity index (χ0) is 25.5. The third-order valence-corrected chi connectivity index (χ3v) is 7.36. The third-order valence-electron chi connectivity index (χ3n) is 5.17. The third kappa shape index (κ3) is 6.68. The van der Waals surface area contributed by atoms with Crippen molar-refractivity contribution in [3.05, 3.63) is 64.9 Å². The molecule has 0 fully saturated rings. The Bertz CT molecular complexity index is 1100. The van der Waals surface area contributed by atoms with Gasteiger partial charge in [-0.2, -0.15) is 12.7 Å². The molecule has 1 atom stereocenters. The molecule has 2 aromatic carbocycles. The van der Waals surface area contributed by atoms with Crippen LogP contribution in [0.4, 0.5) is 10.1 Å². The summed E-state index contributed by atoms with van der Waals surface area (Å²) in [4.78, 5) is 27.7. The van der Waals surface area contributed by atoms with Crippen molar-refractivity contribution in [2.24, 2.45) is 0 Å². The number of halogens is 2. The SMILES string of the molecule is CCNC(=O)[C@H](CC)N(Cc1ccccc1Cl)C(=O)CN(c1ccc(F)cc1)S(=O)(=O)N(C)C. The minimum Gasteiger partial charge on any atom is -0.355 e. The van der Waals surface area contributed by atoms with Gasteiger partial charge in [-0.1, -0.05) is 36.7 Å². The summed E-state index contributed by atoms with van der Waals surface area (Å²) in [5.41, 5.74) is 0.733. The van der Waals surface area contributed by atoms with Gasteiger partial charge in [0.1, 0.15) is 18.4 Å². The van der Waals surface area contributed by atoms with Gasteiger partial charge in [0.05, 0.1) is 5.69 Å². The highest BCUT2D eigenvalue weighted by atomic mass is 35.5. The summed E-state index contributed by atoms with van der Waals surface area (Å²) in [7, 11) is -1.44. The minimum absolute atomic E-state index is 0.00736. The van der Waals surface area contributed by atoms with Crippen LogP contribution in [-0.2, 0) is 26.3 Å². The van der Waals surface area contributed by atoms with Gasteiger partial charge in [0, 0.05) is 32.2 Å². The van der Waals surface area contributed by atoms with Crippen LogP contribution in [0.3, 0.4) is 0 Å². The number of carbonyl (C=O) groups is 2. The first-order chi connectivity index (χ1) is 16.0. The molecule has 0 heterocycles. The standard InChI is InChI=1S/C23H30ClFN4O4S/c1-5-21(23(31)26-6-2)28(15-17-9-7-8-10-20(17)24)22(30)16-29(34(32,33)27(3)4)19-13-11-18(25)12-14-19/h7-14,21H,5-6,15-16H2,1-4H3,(H,26,31)/t21-/m0/s1. The second-order valence-corrected chi connectivity index (χ2v) is 10.2. The van der Waals surface area contributed by atoms with Crippen molar-refractivity contribution < 1.29 is 22.4 Å². The average molecular weight is 513 g/mol. The van der Waals surface area contributed by atoms with Gasteiger partial charge in [0.25, 0.3) is 0 Å². The van der Waals surface area contributed by atoms with Gasteiger partial charge < -0.3 is 10.2 Å². The molecule has 8 nitrogen and oxygen atoms in total. The topological polar surface area (TPSA) is 90.0 Å². The summed E-state index contributed by atoms with van der Waals surface area (Å²) >= 11 is 6.31. The van der Waals surface area contributed by atoms with Crippen LogP contribution < -0.4 is 9.62 Å². The molecule has 0 radical (unpaired) electrons. The van der Waals surface area contributed by atoms with Crippen molar-refractivity contribution in [1.29, 1.82) is 0 Å². The van der Waals surface area contributed by atoms with Crippen LogP contribution in [0.25, 0.3) is 0 Å². The van der Waals surface area contributed by atoms with E-state index in [4.69, 9.17) is 11.6 Å². The number of anilines is 1.